The van der Waals surface area contributed by atoms with Gasteiger partial charge in [-0.15, -0.1) is 0 Å². The Balaban J connectivity index is 1.89. The lowest BCUT2D eigenvalue weighted by Gasteiger charge is -2.58. The number of hydrogen-bond acceptors (Lipinski definition) is 5. The van der Waals surface area contributed by atoms with Crippen molar-refractivity contribution in [3.8, 4) is 0 Å². The first kappa shape index (κ1) is 18.9. The number of imide groups is 1. The minimum absolute atomic E-state index is 0.181. The molecule has 2 amide bonds. The van der Waals surface area contributed by atoms with Gasteiger partial charge in [-0.1, -0.05) is 18.2 Å². The number of benzene rings is 1. The zero-order valence-corrected chi connectivity index (χ0v) is 16.2. The molecule has 2 aliphatic heterocycles. The lowest BCUT2D eigenvalue weighted by atomic mass is 9.70. The maximum absolute atomic E-state index is 12.9. The molecule has 1 aromatic rings. The summed E-state index contributed by atoms with van der Waals surface area (Å²) in [6, 6.07) is 8.92. The monoisotopic (exact) mass is 360 g/mol. The molecule has 0 N–H and O–H groups in total. The first-order valence-corrected chi connectivity index (χ1v) is 9.14. The van der Waals surface area contributed by atoms with Crippen LogP contribution in [0, 0.1) is 0 Å². The maximum atomic E-state index is 12.9. The molecular formula is C20H28N2O4. The third-order valence-electron chi connectivity index (χ3n) is 5.09. The first-order chi connectivity index (χ1) is 12.1. The van der Waals surface area contributed by atoms with Crippen LogP contribution >= 0.6 is 0 Å². The minimum Gasteiger partial charge on any atom is -0.442 e. The van der Waals surface area contributed by atoms with Gasteiger partial charge in [0.15, 0.2) is 0 Å². The Morgan fingerprint density at radius 3 is 2.12 bits per heavy atom. The Hall–Kier alpha value is -1.92. The number of nitrogens with zero attached hydrogens (tertiary/aromatic N) is 2. The number of para-hydroxylation sites is 1. The number of hydrogen-bond donors (Lipinski definition) is 0. The molecule has 1 spiro atoms. The summed E-state index contributed by atoms with van der Waals surface area (Å²) < 4.78 is 5.93. The minimum atomic E-state index is -0.806. The van der Waals surface area contributed by atoms with E-state index in [1.165, 1.54) is 0 Å². The summed E-state index contributed by atoms with van der Waals surface area (Å²) in [7, 11) is 0. The van der Waals surface area contributed by atoms with Crippen molar-refractivity contribution in [2.24, 2.45) is 0 Å². The Morgan fingerprint density at radius 2 is 1.62 bits per heavy atom. The van der Waals surface area contributed by atoms with E-state index in [1.807, 2.05) is 18.1 Å². The summed E-state index contributed by atoms with van der Waals surface area (Å²) in [5.41, 5.74) is -0.997. The van der Waals surface area contributed by atoms with Gasteiger partial charge >= 0.3 is 6.09 Å². The molecule has 0 unspecified atom stereocenters. The molecule has 142 valence electrons. The van der Waals surface area contributed by atoms with Gasteiger partial charge in [-0.05, 0) is 46.8 Å². The van der Waals surface area contributed by atoms with Crippen LogP contribution in [-0.4, -0.2) is 40.3 Å². The van der Waals surface area contributed by atoms with E-state index in [2.05, 4.69) is 27.7 Å². The molecule has 2 heterocycles. The highest BCUT2D eigenvalue weighted by atomic mass is 16.7. The van der Waals surface area contributed by atoms with Gasteiger partial charge in [-0.25, -0.2) is 9.69 Å². The van der Waals surface area contributed by atoms with Crippen molar-refractivity contribution in [1.82, 2.24) is 5.06 Å². The Kier molecular flexibility index (Phi) is 4.61. The van der Waals surface area contributed by atoms with Crippen molar-refractivity contribution < 1.29 is 19.2 Å². The summed E-state index contributed by atoms with van der Waals surface area (Å²) in [5, 5.41) is 1.99. The summed E-state index contributed by atoms with van der Waals surface area (Å²) in [4.78, 5) is 32.7. The second-order valence-electron chi connectivity index (χ2n) is 8.48. The highest BCUT2D eigenvalue weighted by Crippen LogP contribution is 2.48. The Bertz CT molecular complexity index is 661. The molecule has 0 radical (unpaired) electrons. The molecular weight excluding hydrogens is 332 g/mol. The van der Waals surface area contributed by atoms with E-state index in [-0.39, 0.29) is 23.4 Å². The molecule has 26 heavy (non-hydrogen) atoms. The largest absolute Gasteiger partial charge is 0.442 e. The number of ether oxygens (including phenoxy) is 1. The lowest BCUT2D eigenvalue weighted by molar-refractivity contribution is -0.303. The molecule has 2 aliphatic rings. The predicted octanol–water partition coefficient (Wildman–Crippen LogP) is 3.90. The number of hydroxylamine groups is 2. The smallest absolute Gasteiger partial charge is 0.421 e. The van der Waals surface area contributed by atoms with E-state index < -0.39 is 11.7 Å². The predicted molar refractivity (Wildman–Crippen MR) is 98.6 cm³/mol. The van der Waals surface area contributed by atoms with Crippen LogP contribution in [0.1, 0.15) is 53.9 Å². The van der Waals surface area contributed by atoms with Crippen molar-refractivity contribution in [3.63, 3.8) is 0 Å². The summed E-state index contributed by atoms with van der Waals surface area (Å²) in [5.74, 6) is -0.219. The topological polar surface area (TPSA) is 59.1 Å². The van der Waals surface area contributed by atoms with Gasteiger partial charge < -0.3 is 4.74 Å². The van der Waals surface area contributed by atoms with Crippen LogP contribution in [0.5, 0.6) is 0 Å². The van der Waals surface area contributed by atoms with Crippen molar-refractivity contribution in [2.75, 3.05) is 11.5 Å². The highest BCUT2D eigenvalue weighted by Gasteiger charge is 2.58. The Morgan fingerprint density at radius 1 is 1.04 bits per heavy atom. The fraction of sp³-hybridized carbons (Fsp3) is 0.600. The fourth-order valence-corrected chi connectivity index (χ4v) is 4.83. The van der Waals surface area contributed by atoms with E-state index in [1.54, 1.807) is 24.3 Å². The number of anilines is 1. The molecule has 0 atom stereocenters. The van der Waals surface area contributed by atoms with Gasteiger partial charge in [0.05, 0.1) is 18.7 Å². The van der Waals surface area contributed by atoms with Crippen molar-refractivity contribution in [1.29, 1.82) is 0 Å². The van der Waals surface area contributed by atoms with Crippen LogP contribution in [0.4, 0.5) is 10.5 Å². The SMILES string of the molecule is CCON1C(C)(C)CC2(CC(=O)N(c3ccccc3)C(=O)O2)CC1(C)C. The van der Waals surface area contributed by atoms with Crippen molar-refractivity contribution in [3.05, 3.63) is 30.3 Å². The second kappa shape index (κ2) is 6.35. The van der Waals surface area contributed by atoms with Gasteiger partial charge in [0.25, 0.3) is 0 Å². The zero-order chi connectivity index (χ0) is 19.2. The Labute approximate surface area is 155 Å². The maximum Gasteiger partial charge on any atom is 0.421 e. The van der Waals surface area contributed by atoms with Crippen LogP contribution in [-0.2, 0) is 14.4 Å². The van der Waals surface area contributed by atoms with Crippen molar-refractivity contribution >= 4 is 17.7 Å². The van der Waals surface area contributed by atoms with Gasteiger partial charge in [0.2, 0.25) is 5.91 Å². The molecule has 0 aliphatic carbocycles. The van der Waals surface area contributed by atoms with Crippen molar-refractivity contribution in [2.45, 2.75) is 70.6 Å². The number of amides is 2. The average molecular weight is 360 g/mol. The normalized spacial score (nSPS) is 24.6. The van der Waals surface area contributed by atoms with Crippen LogP contribution in [0.3, 0.4) is 0 Å². The average Bonchev–Trinajstić information content (AvgIpc) is 2.50. The van der Waals surface area contributed by atoms with E-state index in [4.69, 9.17) is 9.57 Å². The van der Waals surface area contributed by atoms with E-state index in [0.717, 1.165) is 4.90 Å². The van der Waals surface area contributed by atoms with Gasteiger partial charge in [0, 0.05) is 23.9 Å². The van der Waals surface area contributed by atoms with Crippen LogP contribution in [0.15, 0.2) is 30.3 Å². The molecule has 0 bridgehead atoms. The standard InChI is InChI=1S/C20H28N2O4/c1-6-25-22-18(2,3)13-20(14-19(22,4)5)12-16(23)21(17(24)26-20)15-10-8-7-9-11-15/h7-11H,6,12-14H2,1-5H3. The fourth-order valence-electron chi connectivity index (χ4n) is 4.83. The van der Waals surface area contributed by atoms with Gasteiger partial charge in [-0.2, -0.15) is 5.06 Å². The molecule has 1 aromatic carbocycles. The number of carbonyl (C=O) groups is 2. The number of rotatable bonds is 3. The number of piperidine rings is 1. The molecule has 6 heteroatoms. The zero-order valence-electron chi connectivity index (χ0n) is 16.2. The summed E-state index contributed by atoms with van der Waals surface area (Å²) in [6.45, 7) is 10.8. The third-order valence-corrected chi connectivity index (χ3v) is 5.09. The summed E-state index contributed by atoms with van der Waals surface area (Å²) >= 11 is 0. The summed E-state index contributed by atoms with van der Waals surface area (Å²) in [6.07, 6.45) is 0.678. The molecule has 6 nitrogen and oxygen atoms in total. The number of carbonyl (C=O) groups excluding carboxylic acids is 2. The molecule has 0 aromatic heterocycles. The molecule has 3 rings (SSSR count). The molecule has 0 saturated carbocycles. The second-order valence-corrected chi connectivity index (χ2v) is 8.48. The molecule has 2 saturated heterocycles. The van der Waals surface area contributed by atoms with Crippen LogP contribution in [0.25, 0.3) is 0 Å². The highest BCUT2D eigenvalue weighted by molar-refractivity contribution is 6.14. The van der Waals surface area contributed by atoms with Gasteiger partial charge in [-0.3, -0.25) is 9.63 Å². The van der Waals surface area contributed by atoms with Gasteiger partial charge in [0.1, 0.15) is 5.60 Å². The third kappa shape index (κ3) is 3.23. The lowest BCUT2D eigenvalue weighted by Crippen LogP contribution is -2.68. The van der Waals surface area contributed by atoms with E-state index >= 15 is 0 Å². The first-order valence-electron chi connectivity index (χ1n) is 9.14. The van der Waals surface area contributed by atoms with Crippen LogP contribution in [0.2, 0.25) is 0 Å². The van der Waals surface area contributed by atoms with E-state index in [0.29, 0.717) is 25.1 Å². The quantitative estimate of drug-likeness (QED) is 0.818. The van der Waals surface area contributed by atoms with Crippen LogP contribution < -0.4 is 4.90 Å². The molecule has 2 fully saturated rings. The van der Waals surface area contributed by atoms with E-state index in [9.17, 15) is 9.59 Å².